The number of esters is 1. The molecule has 0 aliphatic heterocycles. The molecular weight excluding hydrogens is 178 g/mol. The molecule has 0 saturated carbocycles. The topological polar surface area (TPSA) is 39.2 Å². The van der Waals surface area contributed by atoms with Crippen LogP contribution in [-0.4, -0.2) is 17.6 Å². The van der Waals surface area contributed by atoms with Gasteiger partial charge in [0, 0.05) is 18.5 Å². The molecule has 0 aliphatic carbocycles. The molecular formula is C11H13NO2. The Balaban J connectivity index is 2.44. The third-order valence-corrected chi connectivity index (χ3v) is 1.54. The molecule has 1 aromatic rings. The van der Waals surface area contributed by atoms with Crippen LogP contribution in [0, 0.1) is 0 Å². The average molecular weight is 191 g/mol. The molecule has 0 amide bonds. The molecule has 0 aromatic carbocycles. The number of hydrogen-bond donors (Lipinski definition) is 0. The van der Waals surface area contributed by atoms with Crippen molar-refractivity contribution in [3.63, 3.8) is 0 Å². The monoisotopic (exact) mass is 191 g/mol. The summed E-state index contributed by atoms with van der Waals surface area (Å²) in [6.45, 7) is 2.42. The molecule has 0 bridgehead atoms. The maximum Gasteiger partial charge on any atom is 0.330 e. The number of aromatic nitrogens is 1. The Labute approximate surface area is 83.4 Å². The second kappa shape index (κ2) is 5.91. The first kappa shape index (κ1) is 10.4. The van der Waals surface area contributed by atoms with Crippen molar-refractivity contribution in [1.29, 1.82) is 0 Å². The van der Waals surface area contributed by atoms with Gasteiger partial charge in [0.1, 0.15) is 0 Å². The van der Waals surface area contributed by atoms with Crippen molar-refractivity contribution < 1.29 is 9.53 Å². The predicted molar refractivity (Wildman–Crippen MR) is 54.5 cm³/mol. The van der Waals surface area contributed by atoms with E-state index in [-0.39, 0.29) is 5.97 Å². The molecule has 1 rings (SSSR count). The first-order chi connectivity index (χ1) is 6.83. The van der Waals surface area contributed by atoms with Crippen LogP contribution >= 0.6 is 0 Å². The van der Waals surface area contributed by atoms with Crippen molar-refractivity contribution in [2.75, 3.05) is 6.61 Å². The van der Waals surface area contributed by atoms with Gasteiger partial charge in [-0.1, -0.05) is 13.0 Å². The van der Waals surface area contributed by atoms with Gasteiger partial charge in [-0.3, -0.25) is 4.98 Å². The lowest BCUT2D eigenvalue weighted by Crippen LogP contribution is -2.00. The van der Waals surface area contributed by atoms with E-state index in [1.165, 1.54) is 6.08 Å². The van der Waals surface area contributed by atoms with Gasteiger partial charge in [-0.2, -0.15) is 0 Å². The van der Waals surface area contributed by atoms with Gasteiger partial charge in [0.05, 0.1) is 6.61 Å². The van der Waals surface area contributed by atoms with Crippen LogP contribution in [0.1, 0.15) is 18.9 Å². The number of ether oxygens (including phenoxy) is 1. The molecule has 0 radical (unpaired) electrons. The highest BCUT2D eigenvalue weighted by atomic mass is 16.5. The fourth-order valence-corrected chi connectivity index (χ4v) is 0.890. The van der Waals surface area contributed by atoms with Gasteiger partial charge in [-0.25, -0.2) is 4.79 Å². The summed E-state index contributed by atoms with van der Waals surface area (Å²) in [7, 11) is 0. The van der Waals surface area contributed by atoms with Crippen molar-refractivity contribution in [1.82, 2.24) is 4.98 Å². The molecule has 0 saturated heterocycles. The highest BCUT2D eigenvalue weighted by Gasteiger charge is 1.94. The molecule has 0 aliphatic rings. The normalized spacial score (nSPS) is 10.4. The standard InChI is InChI=1S/C11H13NO2/c1-2-8-14-11(13)6-5-10-4-3-7-12-9-10/h3-7,9H,2,8H2,1H3/b6-5+. The van der Waals surface area contributed by atoms with E-state index in [9.17, 15) is 4.79 Å². The van der Waals surface area contributed by atoms with E-state index in [0.29, 0.717) is 6.61 Å². The number of hydrogen-bond acceptors (Lipinski definition) is 3. The van der Waals surface area contributed by atoms with Gasteiger partial charge in [0.25, 0.3) is 0 Å². The Kier molecular flexibility index (Phi) is 4.41. The van der Waals surface area contributed by atoms with Crippen LogP contribution in [0.15, 0.2) is 30.6 Å². The molecule has 0 spiro atoms. The van der Waals surface area contributed by atoms with Crippen LogP contribution < -0.4 is 0 Å². The summed E-state index contributed by atoms with van der Waals surface area (Å²) < 4.78 is 4.87. The molecule has 0 atom stereocenters. The van der Waals surface area contributed by atoms with Crippen molar-refractivity contribution >= 4 is 12.0 Å². The zero-order chi connectivity index (χ0) is 10.2. The number of rotatable bonds is 4. The van der Waals surface area contributed by atoms with Crippen molar-refractivity contribution in [2.45, 2.75) is 13.3 Å². The molecule has 0 fully saturated rings. The number of pyridine rings is 1. The summed E-state index contributed by atoms with van der Waals surface area (Å²) >= 11 is 0. The summed E-state index contributed by atoms with van der Waals surface area (Å²) in [6.07, 6.45) is 7.31. The zero-order valence-corrected chi connectivity index (χ0v) is 8.14. The van der Waals surface area contributed by atoms with Gasteiger partial charge in [0.2, 0.25) is 0 Å². The molecule has 14 heavy (non-hydrogen) atoms. The second-order valence-electron chi connectivity index (χ2n) is 2.79. The van der Waals surface area contributed by atoms with E-state index in [2.05, 4.69) is 4.98 Å². The lowest BCUT2D eigenvalue weighted by Gasteiger charge is -1.96. The quantitative estimate of drug-likeness (QED) is 0.540. The lowest BCUT2D eigenvalue weighted by atomic mass is 10.2. The molecule has 1 aromatic heterocycles. The number of carbonyl (C=O) groups is 1. The lowest BCUT2D eigenvalue weighted by molar-refractivity contribution is -0.137. The van der Waals surface area contributed by atoms with Crippen molar-refractivity contribution in [2.24, 2.45) is 0 Å². The van der Waals surface area contributed by atoms with Crippen LogP contribution in [0.25, 0.3) is 6.08 Å². The summed E-state index contributed by atoms with van der Waals surface area (Å²) in [5.41, 5.74) is 0.890. The van der Waals surface area contributed by atoms with Gasteiger partial charge < -0.3 is 4.74 Å². The zero-order valence-electron chi connectivity index (χ0n) is 8.14. The number of carbonyl (C=O) groups excluding carboxylic acids is 1. The second-order valence-corrected chi connectivity index (χ2v) is 2.79. The van der Waals surface area contributed by atoms with Gasteiger partial charge in [-0.05, 0) is 24.1 Å². The van der Waals surface area contributed by atoms with Gasteiger partial charge in [-0.15, -0.1) is 0 Å². The fourth-order valence-electron chi connectivity index (χ4n) is 0.890. The Hall–Kier alpha value is -1.64. The summed E-state index contributed by atoms with van der Waals surface area (Å²) in [5.74, 6) is -0.310. The number of nitrogens with zero attached hydrogens (tertiary/aromatic N) is 1. The largest absolute Gasteiger partial charge is 0.463 e. The summed E-state index contributed by atoms with van der Waals surface area (Å²) in [4.78, 5) is 15.0. The van der Waals surface area contributed by atoms with Crippen LogP contribution in [0.2, 0.25) is 0 Å². The third kappa shape index (κ3) is 3.85. The molecule has 0 N–H and O–H groups in total. The first-order valence-electron chi connectivity index (χ1n) is 4.58. The van der Waals surface area contributed by atoms with Crippen LogP contribution in [0.4, 0.5) is 0 Å². The highest BCUT2D eigenvalue weighted by Crippen LogP contribution is 1.98. The highest BCUT2D eigenvalue weighted by molar-refractivity contribution is 5.86. The van der Waals surface area contributed by atoms with E-state index >= 15 is 0 Å². The molecule has 3 heteroatoms. The first-order valence-corrected chi connectivity index (χ1v) is 4.58. The minimum Gasteiger partial charge on any atom is -0.463 e. The third-order valence-electron chi connectivity index (χ3n) is 1.54. The Morgan fingerprint density at radius 3 is 3.14 bits per heavy atom. The van der Waals surface area contributed by atoms with Gasteiger partial charge >= 0.3 is 5.97 Å². The molecule has 3 nitrogen and oxygen atoms in total. The summed E-state index contributed by atoms with van der Waals surface area (Å²) in [5, 5.41) is 0. The van der Waals surface area contributed by atoms with E-state index in [0.717, 1.165) is 12.0 Å². The molecule has 0 unspecified atom stereocenters. The Morgan fingerprint density at radius 1 is 1.64 bits per heavy atom. The van der Waals surface area contributed by atoms with E-state index in [1.54, 1.807) is 18.5 Å². The van der Waals surface area contributed by atoms with Crippen molar-refractivity contribution in [3.8, 4) is 0 Å². The van der Waals surface area contributed by atoms with E-state index < -0.39 is 0 Å². The summed E-state index contributed by atoms with van der Waals surface area (Å²) in [6, 6.07) is 3.69. The smallest absolute Gasteiger partial charge is 0.330 e. The van der Waals surface area contributed by atoms with Crippen LogP contribution in [0.5, 0.6) is 0 Å². The maximum atomic E-state index is 11.0. The Morgan fingerprint density at radius 2 is 2.50 bits per heavy atom. The van der Waals surface area contributed by atoms with Crippen molar-refractivity contribution in [3.05, 3.63) is 36.2 Å². The van der Waals surface area contributed by atoms with E-state index in [1.807, 2.05) is 19.1 Å². The average Bonchev–Trinajstić information content (AvgIpc) is 2.25. The molecule has 74 valence electrons. The minimum atomic E-state index is -0.310. The minimum absolute atomic E-state index is 0.310. The van der Waals surface area contributed by atoms with Crippen LogP contribution in [0.3, 0.4) is 0 Å². The predicted octanol–water partition coefficient (Wildman–Crippen LogP) is 2.05. The maximum absolute atomic E-state index is 11.0. The van der Waals surface area contributed by atoms with Gasteiger partial charge in [0.15, 0.2) is 0 Å². The SMILES string of the molecule is CCCOC(=O)/C=C/c1cccnc1. The van der Waals surface area contributed by atoms with Crippen LogP contribution in [-0.2, 0) is 9.53 Å². The van der Waals surface area contributed by atoms with E-state index in [4.69, 9.17) is 4.74 Å². The fraction of sp³-hybridized carbons (Fsp3) is 0.273. The Bertz CT molecular complexity index is 306. The molecule has 1 heterocycles.